The standard InChI is InChI=1S/C22H27NO3/c24-20-9-6-17(7-10-20)8-11-22(26)23-14-12-19(13-15-23)21(25)16-18-4-2-1-3-5-18/h1-7,9-10,19,21,24-25H,8,11-16H2. The van der Waals surface area contributed by atoms with Gasteiger partial charge in [0.05, 0.1) is 6.10 Å². The highest BCUT2D eigenvalue weighted by atomic mass is 16.3. The monoisotopic (exact) mass is 353 g/mol. The molecule has 2 aromatic carbocycles. The lowest BCUT2D eigenvalue weighted by molar-refractivity contribution is -0.133. The maximum absolute atomic E-state index is 12.4. The zero-order chi connectivity index (χ0) is 18.4. The van der Waals surface area contributed by atoms with Gasteiger partial charge in [-0.05, 0) is 54.9 Å². The van der Waals surface area contributed by atoms with Crippen LogP contribution >= 0.6 is 0 Å². The molecule has 1 saturated heterocycles. The van der Waals surface area contributed by atoms with Gasteiger partial charge in [0.2, 0.25) is 5.91 Å². The Hall–Kier alpha value is -2.33. The van der Waals surface area contributed by atoms with Crippen LogP contribution in [0.1, 0.15) is 30.4 Å². The molecule has 1 unspecified atom stereocenters. The van der Waals surface area contributed by atoms with Gasteiger partial charge in [-0.2, -0.15) is 0 Å². The molecule has 4 heteroatoms. The summed E-state index contributed by atoms with van der Waals surface area (Å²) in [7, 11) is 0. The number of benzene rings is 2. The van der Waals surface area contributed by atoms with Crippen LogP contribution in [0.25, 0.3) is 0 Å². The van der Waals surface area contributed by atoms with Gasteiger partial charge in [-0.15, -0.1) is 0 Å². The van der Waals surface area contributed by atoms with Gasteiger partial charge in [0, 0.05) is 19.5 Å². The molecule has 1 fully saturated rings. The Labute approximate surface area is 155 Å². The topological polar surface area (TPSA) is 60.8 Å². The lowest BCUT2D eigenvalue weighted by Gasteiger charge is -2.34. The number of aliphatic hydroxyl groups is 1. The largest absolute Gasteiger partial charge is 0.508 e. The number of nitrogens with zero attached hydrogens (tertiary/aromatic N) is 1. The molecule has 1 amide bonds. The van der Waals surface area contributed by atoms with E-state index in [0.717, 1.165) is 37.1 Å². The third kappa shape index (κ3) is 5.09. The first-order chi connectivity index (χ1) is 12.6. The third-order valence-corrected chi connectivity index (χ3v) is 5.29. The van der Waals surface area contributed by atoms with Crippen LogP contribution in [0.2, 0.25) is 0 Å². The predicted octanol–water partition coefficient (Wildman–Crippen LogP) is 3.17. The van der Waals surface area contributed by atoms with E-state index >= 15 is 0 Å². The van der Waals surface area contributed by atoms with E-state index in [1.54, 1.807) is 12.1 Å². The van der Waals surface area contributed by atoms with Gasteiger partial charge in [0.1, 0.15) is 5.75 Å². The lowest BCUT2D eigenvalue weighted by atomic mass is 9.88. The summed E-state index contributed by atoms with van der Waals surface area (Å²) < 4.78 is 0. The summed E-state index contributed by atoms with van der Waals surface area (Å²) in [6, 6.07) is 17.1. The van der Waals surface area contributed by atoms with Crippen molar-refractivity contribution in [2.75, 3.05) is 13.1 Å². The number of hydrogen-bond donors (Lipinski definition) is 2. The number of rotatable bonds is 6. The minimum absolute atomic E-state index is 0.175. The molecule has 2 aromatic rings. The predicted molar refractivity (Wildman–Crippen MR) is 102 cm³/mol. The Kier molecular flexibility index (Phi) is 6.29. The first-order valence-electron chi connectivity index (χ1n) is 9.39. The van der Waals surface area contributed by atoms with Gasteiger partial charge >= 0.3 is 0 Å². The van der Waals surface area contributed by atoms with Crippen molar-refractivity contribution < 1.29 is 15.0 Å². The summed E-state index contributed by atoms with van der Waals surface area (Å²) >= 11 is 0. The molecule has 1 aliphatic rings. The van der Waals surface area contributed by atoms with E-state index in [1.807, 2.05) is 47.4 Å². The van der Waals surface area contributed by atoms with Crippen LogP contribution < -0.4 is 0 Å². The highest BCUT2D eigenvalue weighted by molar-refractivity contribution is 5.76. The van der Waals surface area contributed by atoms with Gasteiger partial charge < -0.3 is 15.1 Å². The SMILES string of the molecule is O=C(CCc1ccc(O)cc1)N1CCC(C(O)Cc2ccccc2)CC1. The molecule has 0 saturated carbocycles. The van der Waals surface area contributed by atoms with Crippen molar-refractivity contribution in [2.45, 2.75) is 38.2 Å². The van der Waals surface area contributed by atoms with Crippen LogP contribution in [0, 0.1) is 5.92 Å². The van der Waals surface area contributed by atoms with E-state index in [9.17, 15) is 15.0 Å². The van der Waals surface area contributed by atoms with Gasteiger partial charge in [-0.3, -0.25) is 4.79 Å². The Morgan fingerprint density at radius 3 is 2.31 bits per heavy atom. The molecule has 2 N–H and O–H groups in total. The van der Waals surface area contributed by atoms with Crippen LogP contribution in [-0.2, 0) is 17.6 Å². The number of amides is 1. The Morgan fingerprint density at radius 1 is 1.00 bits per heavy atom. The summed E-state index contributed by atoms with van der Waals surface area (Å²) in [5, 5.41) is 19.8. The smallest absolute Gasteiger partial charge is 0.222 e. The Balaban J connectivity index is 1.42. The minimum Gasteiger partial charge on any atom is -0.508 e. The van der Waals surface area contributed by atoms with Crippen molar-refractivity contribution in [3.05, 3.63) is 65.7 Å². The van der Waals surface area contributed by atoms with E-state index < -0.39 is 0 Å². The third-order valence-electron chi connectivity index (χ3n) is 5.29. The number of carbonyl (C=O) groups is 1. The fourth-order valence-corrected chi connectivity index (χ4v) is 3.63. The summed E-state index contributed by atoms with van der Waals surface area (Å²) in [6.45, 7) is 1.45. The zero-order valence-corrected chi connectivity index (χ0v) is 15.1. The fourth-order valence-electron chi connectivity index (χ4n) is 3.63. The normalized spacial score (nSPS) is 16.4. The van der Waals surface area contributed by atoms with Crippen molar-refractivity contribution in [1.29, 1.82) is 0 Å². The summed E-state index contributed by atoms with van der Waals surface area (Å²) in [4.78, 5) is 14.3. The summed E-state index contributed by atoms with van der Waals surface area (Å²) in [6.07, 6.45) is 3.24. The number of hydrogen-bond acceptors (Lipinski definition) is 3. The van der Waals surface area contributed by atoms with Crippen molar-refractivity contribution in [2.24, 2.45) is 5.92 Å². The zero-order valence-electron chi connectivity index (χ0n) is 15.1. The summed E-state index contributed by atoms with van der Waals surface area (Å²) in [5.74, 6) is 0.682. The highest BCUT2D eigenvalue weighted by Gasteiger charge is 2.27. The number of piperidine rings is 1. The van der Waals surface area contributed by atoms with Gasteiger partial charge in [0.25, 0.3) is 0 Å². The molecule has 0 radical (unpaired) electrons. The van der Waals surface area contributed by atoms with Crippen molar-refractivity contribution in [3.63, 3.8) is 0 Å². The molecule has 138 valence electrons. The molecule has 4 nitrogen and oxygen atoms in total. The first-order valence-corrected chi connectivity index (χ1v) is 9.39. The molecule has 0 spiro atoms. The second-order valence-electron chi connectivity index (χ2n) is 7.14. The fraction of sp³-hybridized carbons (Fsp3) is 0.409. The van der Waals surface area contributed by atoms with Crippen LogP contribution in [0.3, 0.4) is 0 Å². The maximum atomic E-state index is 12.4. The molecular weight excluding hydrogens is 326 g/mol. The molecule has 0 aliphatic carbocycles. The van der Waals surface area contributed by atoms with Crippen molar-refractivity contribution >= 4 is 5.91 Å². The molecule has 0 bridgehead atoms. The number of carbonyl (C=O) groups excluding carboxylic acids is 1. The number of likely N-dealkylation sites (tertiary alicyclic amines) is 1. The quantitative estimate of drug-likeness (QED) is 0.839. The molecule has 0 aromatic heterocycles. The van der Waals surface area contributed by atoms with Crippen molar-refractivity contribution in [3.8, 4) is 5.75 Å². The molecule has 3 rings (SSSR count). The van der Waals surface area contributed by atoms with E-state index in [4.69, 9.17) is 0 Å². The van der Waals surface area contributed by atoms with Crippen LogP contribution in [0.5, 0.6) is 5.75 Å². The van der Waals surface area contributed by atoms with E-state index in [2.05, 4.69) is 0 Å². The Bertz CT molecular complexity index is 691. The number of aromatic hydroxyl groups is 1. The second-order valence-corrected chi connectivity index (χ2v) is 7.14. The number of phenolic OH excluding ortho intramolecular Hbond substituents is 1. The molecule has 1 atom stereocenters. The minimum atomic E-state index is -0.341. The van der Waals surface area contributed by atoms with Gasteiger partial charge in [-0.1, -0.05) is 42.5 Å². The summed E-state index contributed by atoms with van der Waals surface area (Å²) in [5.41, 5.74) is 2.22. The highest BCUT2D eigenvalue weighted by Crippen LogP contribution is 2.24. The lowest BCUT2D eigenvalue weighted by Crippen LogP contribution is -2.41. The number of phenols is 1. The molecule has 1 aliphatic heterocycles. The number of aliphatic hydroxyl groups excluding tert-OH is 1. The van der Waals surface area contributed by atoms with E-state index in [1.165, 1.54) is 0 Å². The van der Waals surface area contributed by atoms with E-state index in [0.29, 0.717) is 19.3 Å². The van der Waals surface area contributed by atoms with E-state index in [-0.39, 0.29) is 23.7 Å². The average molecular weight is 353 g/mol. The molecule has 1 heterocycles. The van der Waals surface area contributed by atoms with Crippen LogP contribution in [-0.4, -0.2) is 40.2 Å². The average Bonchev–Trinajstić information content (AvgIpc) is 2.68. The second kappa shape index (κ2) is 8.86. The van der Waals surface area contributed by atoms with Crippen LogP contribution in [0.4, 0.5) is 0 Å². The van der Waals surface area contributed by atoms with Crippen molar-refractivity contribution in [1.82, 2.24) is 4.90 Å². The maximum Gasteiger partial charge on any atom is 0.222 e. The Morgan fingerprint density at radius 2 is 1.65 bits per heavy atom. The first kappa shape index (κ1) is 18.5. The molecule has 26 heavy (non-hydrogen) atoms. The molecular formula is C22H27NO3. The number of aryl methyl sites for hydroxylation is 1. The van der Waals surface area contributed by atoms with Gasteiger partial charge in [-0.25, -0.2) is 0 Å². The van der Waals surface area contributed by atoms with Gasteiger partial charge in [0.15, 0.2) is 0 Å². The van der Waals surface area contributed by atoms with Crippen LogP contribution in [0.15, 0.2) is 54.6 Å².